The number of rotatable bonds is 5. The maximum Gasteiger partial charge on any atom is 0.183 e. The minimum Gasteiger partial charge on any atom is -0.371 e. The summed E-state index contributed by atoms with van der Waals surface area (Å²) < 4.78 is 14.9. The zero-order chi connectivity index (χ0) is 22.1. The minimum atomic E-state index is -1.14. The molecular formula is C22H20ClFN4OS. The summed E-state index contributed by atoms with van der Waals surface area (Å²) >= 11 is 11.6. The van der Waals surface area contributed by atoms with Gasteiger partial charge in [0.1, 0.15) is 6.07 Å². The van der Waals surface area contributed by atoms with Gasteiger partial charge in [0.25, 0.3) is 0 Å². The van der Waals surface area contributed by atoms with Gasteiger partial charge in [0.05, 0.1) is 27.9 Å². The van der Waals surface area contributed by atoms with Crippen molar-refractivity contribution in [3.8, 4) is 12.1 Å². The van der Waals surface area contributed by atoms with Crippen LogP contribution in [-0.4, -0.2) is 22.0 Å². The van der Waals surface area contributed by atoms with Crippen LogP contribution in [0.1, 0.15) is 37.8 Å². The summed E-state index contributed by atoms with van der Waals surface area (Å²) in [7, 11) is 0. The van der Waals surface area contributed by atoms with E-state index in [2.05, 4.69) is 6.07 Å². The van der Waals surface area contributed by atoms with E-state index >= 15 is 0 Å². The molecule has 30 heavy (non-hydrogen) atoms. The van der Waals surface area contributed by atoms with Gasteiger partial charge in [-0.2, -0.15) is 10.5 Å². The van der Waals surface area contributed by atoms with Gasteiger partial charge >= 0.3 is 0 Å². The molecule has 154 valence electrons. The SMILES string of the molecule is CC1(C)C(O)N(c2ccc(C#N)c(Cl)c2F)C(=S)N1c1ccc(CCCC#N)cc1. The summed E-state index contributed by atoms with van der Waals surface area (Å²) in [5.74, 6) is -0.803. The summed E-state index contributed by atoms with van der Waals surface area (Å²) in [6, 6.07) is 14.5. The number of unbranched alkanes of at least 4 members (excludes halogenated alkanes) is 1. The lowest BCUT2D eigenvalue weighted by molar-refractivity contribution is 0.129. The van der Waals surface area contributed by atoms with Gasteiger partial charge in [-0.15, -0.1) is 0 Å². The van der Waals surface area contributed by atoms with E-state index in [-0.39, 0.29) is 21.4 Å². The highest BCUT2D eigenvalue weighted by Gasteiger charge is 2.50. The van der Waals surface area contributed by atoms with E-state index in [1.807, 2.05) is 44.2 Å². The summed E-state index contributed by atoms with van der Waals surface area (Å²) in [6.07, 6.45) is 0.948. The second-order valence-corrected chi connectivity index (χ2v) is 8.31. The van der Waals surface area contributed by atoms with Gasteiger partial charge in [-0.05, 0) is 68.7 Å². The van der Waals surface area contributed by atoms with Crippen LogP contribution in [0.3, 0.4) is 0 Å². The molecule has 0 aromatic heterocycles. The second kappa shape index (κ2) is 8.57. The first-order valence-corrected chi connectivity index (χ1v) is 10.2. The van der Waals surface area contributed by atoms with E-state index in [4.69, 9.17) is 34.3 Å². The van der Waals surface area contributed by atoms with Crippen molar-refractivity contribution in [3.63, 3.8) is 0 Å². The van der Waals surface area contributed by atoms with E-state index in [1.165, 1.54) is 17.0 Å². The zero-order valence-corrected chi connectivity index (χ0v) is 18.1. The van der Waals surface area contributed by atoms with Gasteiger partial charge in [0.15, 0.2) is 17.2 Å². The largest absolute Gasteiger partial charge is 0.371 e. The fourth-order valence-corrected chi connectivity index (χ4v) is 4.30. The predicted octanol–water partition coefficient (Wildman–Crippen LogP) is 4.91. The van der Waals surface area contributed by atoms with E-state index in [9.17, 15) is 9.50 Å². The topological polar surface area (TPSA) is 74.3 Å². The van der Waals surface area contributed by atoms with Crippen LogP contribution in [0.5, 0.6) is 0 Å². The number of halogens is 2. The van der Waals surface area contributed by atoms with Crippen LogP contribution >= 0.6 is 23.8 Å². The smallest absolute Gasteiger partial charge is 0.183 e. The molecule has 0 saturated carbocycles. The highest BCUT2D eigenvalue weighted by molar-refractivity contribution is 7.80. The highest BCUT2D eigenvalue weighted by atomic mass is 35.5. The molecule has 1 aliphatic rings. The molecule has 5 nitrogen and oxygen atoms in total. The van der Waals surface area contributed by atoms with E-state index < -0.39 is 17.6 Å². The van der Waals surface area contributed by atoms with E-state index in [0.717, 1.165) is 24.1 Å². The molecule has 0 spiro atoms. The van der Waals surface area contributed by atoms with Crippen LogP contribution in [0, 0.1) is 28.5 Å². The lowest BCUT2D eigenvalue weighted by Crippen LogP contribution is -2.47. The molecule has 1 saturated heterocycles. The molecule has 1 atom stereocenters. The highest BCUT2D eigenvalue weighted by Crippen LogP contribution is 2.41. The monoisotopic (exact) mass is 442 g/mol. The Kier molecular flexibility index (Phi) is 6.28. The van der Waals surface area contributed by atoms with Crippen molar-refractivity contribution < 1.29 is 9.50 Å². The van der Waals surface area contributed by atoms with Crippen LogP contribution in [0.25, 0.3) is 0 Å². The molecule has 1 N–H and O–H groups in total. The van der Waals surface area contributed by atoms with Gasteiger partial charge in [0, 0.05) is 12.1 Å². The molecule has 2 aromatic carbocycles. The quantitative estimate of drug-likeness (QED) is 0.524. The number of aliphatic hydroxyl groups excluding tert-OH is 1. The molecule has 0 aliphatic carbocycles. The predicted molar refractivity (Wildman–Crippen MR) is 119 cm³/mol. The molecule has 1 aliphatic heterocycles. The van der Waals surface area contributed by atoms with E-state index in [0.29, 0.717) is 6.42 Å². The lowest BCUT2D eigenvalue weighted by Gasteiger charge is -2.33. The Morgan fingerprint density at radius 3 is 2.47 bits per heavy atom. The minimum absolute atomic E-state index is 0.0141. The standard InChI is InChI=1S/C22H20ClFN4OS/c1-22(2)20(29)27(17-11-8-15(13-26)18(23)19(17)24)21(30)28(22)16-9-6-14(7-10-16)5-3-4-12-25/h6-11,20,29H,3-5H2,1-2H3. The first-order chi connectivity index (χ1) is 14.2. The van der Waals surface area contributed by atoms with Crippen molar-refractivity contribution in [3.05, 3.63) is 58.4 Å². The number of nitriles is 2. The number of anilines is 2. The summed E-state index contributed by atoms with van der Waals surface area (Å²) in [6.45, 7) is 3.63. The molecule has 3 rings (SSSR count). The summed E-state index contributed by atoms with van der Waals surface area (Å²) in [5.41, 5.74) is 1.03. The molecule has 2 aromatic rings. The number of hydrogen-bond acceptors (Lipinski definition) is 4. The first-order valence-electron chi connectivity index (χ1n) is 9.39. The molecule has 8 heteroatoms. The molecule has 1 heterocycles. The van der Waals surface area contributed by atoms with Crippen molar-refractivity contribution >= 4 is 40.3 Å². The Labute approximate surface area is 185 Å². The molecule has 1 unspecified atom stereocenters. The number of benzene rings is 2. The van der Waals surface area contributed by atoms with Crippen molar-refractivity contribution in [1.29, 1.82) is 10.5 Å². The van der Waals surface area contributed by atoms with Crippen molar-refractivity contribution in [2.75, 3.05) is 9.80 Å². The molecule has 1 fully saturated rings. The third-order valence-corrected chi connectivity index (χ3v) is 5.99. The Morgan fingerprint density at radius 1 is 1.20 bits per heavy atom. The van der Waals surface area contributed by atoms with Gasteiger partial charge in [-0.25, -0.2) is 4.39 Å². The number of aliphatic hydroxyl groups is 1. The van der Waals surface area contributed by atoms with Gasteiger partial charge < -0.3 is 10.0 Å². The van der Waals surface area contributed by atoms with Gasteiger partial charge in [0.2, 0.25) is 0 Å². The van der Waals surface area contributed by atoms with Crippen molar-refractivity contribution in [2.45, 2.75) is 44.9 Å². The van der Waals surface area contributed by atoms with Crippen LogP contribution in [-0.2, 0) is 6.42 Å². The number of hydrogen-bond donors (Lipinski definition) is 1. The Balaban J connectivity index is 1.95. The fraction of sp³-hybridized carbons (Fsp3) is 0.318. The van der Waals surface area contributed by atoms with E-state index in [1.54, 1.807) is 4.90 Å². The maximum atomic E-state index is 14.9. The van der Waals surface area contributed by atoms with Crippen LogP contribution < -0.4 is 9.80 Å². The summed E-state index contributed by atoms with van der Waals surface area (Å²) in [4.78, 5) is 3.09. The van der Waals surface area contributed by atoms with Crippen LogP contribution in [0.15, 0.2) is 36.4 Å². The summed E-state index contributed by atoms with van der Waals surface area (Å²) in [5, 5.41) is 28.7. The van der Waals surface area contributed by atoms with Gasteiger partial charge in [-0.3, -0.25) is 4.90 Å². The Morgan fingerprint density at radius 2 is 1.87 bits per heavy atom. The third-order valence-electron chi connectivity index (χ3n) is 5.24. The second-order valence-electron chi connectivity index (χ2n) is 7.57. The molecule has 0 bridgehead atoms. The fourth-order valence-electron chi connectivity index (χ4n) is 3.56. The molecular weight excluding hydrogens is 423 g/mol. The van der Waals surface area contributed by atoms with Crippen molar-refractivity contribution in [1.82, 2.24) is 0 Å². The number of thiocarbonyl (C=S) groups is 1. The van der Waals surface area contributed by atoms with Gasteiger partial charge in [-0.1, -0.05) is 23.7 Å². The maximum absolute atomic E-state index is 14.9. The van der Waals surface area contributed by atoms with Crippen molar-refractivity contribution in [2.24, 2.45) is 0 Å². The molecule has 0 radical (unpaired) electrons. The zero-order valence-electron chi connectivity index (χ0n) is 16.6. The average molecular weight is 443 g/mol. The molecule has 0 amide bonds. The lowest BCUT2D eigenvalue weighted by atomic mass is 10.0. The first kappa shape index (κ1) is 22.0. The van der Waals surface area contributed by atoms with Crippen LogP contribution in [0.2, 0.25) is 5.02 Å². The van der Waals surface area contributed by atoms with Crippen LogP contribution in [0.4, 0.5) is 15.8 Å². The normalized spacial score (nSPS) is 17.7. The average Bonchev–Trinajstić information content (AvgIpc) is 2.89. The number of nitrogens with zero attached hydrogens (tertiary/aromatic N) is 4. The number of aryl methyl sites for hydroxylation is 1. The Bertz CT molecular complexity index is 1060. The Hall–Kier alpha value is -2.71. The third kappa shape index (κ3) is 3.73.